The molecule has 2 N–H and O–H groups in total. The van der Waals surface area contributed by atoms with Gasteiger partial charge in [0.15, 0.2) is 5.65 Å². The predicted molar refractivity (Wildman–Crippen MR) is 133 cm³/mol. The molecule has 0 aliphatic carbocycles. The van der Waals surface area contributed by atoms with Crippen LogP contribution in [0.25, 0.3) is 16.7 Å². The van der Waals surface area contributed by atoms with E-state index >= 15 is 0 Å². The summed E-state index contributed by atoms with van der Waals surface area (Å²) in [6, 6.07) is 19.0. The number of carbonyl (C=O) groups is 2. The molecule has 1 fully saturated rings. The second kappa shape index (κ2) is 9.02. The predicted octanol–water partition coefficient (Wildman–Crippen LogP) is 2.15. The molecule has 0 radical (unpaired) electrons. The number of benzene rings is 2. The molecule has 4 aromatic rings. The average molecular weight is 469 g/mol. The Morgan fingerprint density at radius 2 is 1.51 bits per heavy atom. The Morgan fingerprint density at radius 1 is 0.829 bits per heavy atom. The fourth-order valence-electron chi connectivity index (χ4n) is 4.29. The maximum absolute atomic E-state index is 12.9. The third-order valence-corrected chi connectivity index (χ3v) is 6.21. The molecule has 2 aromatic carbocycles. The standard InChI is InChI=1S/C26H24N6O3/c1-17-21-11-12-22(33)32(20-9-7-18(8-10-20)23(27)34)24(21)29-26(28-17)31-15-13-30(14-16-31)25(35)19-5-3-2-4-6-19/h2-12H,13-16H2,1H3,(H2,27,34). The number of nitrogens with two attached hydrogens (primary N) is 1. The molecule has 1 aliphatic heterocycles. The third kappa shape index (κ3) is 4.23. The first kappa shape index (κ1) is 22.3. The highest BCUT2D eigenvalue weighted by Crippen LogP contribution is 2.22. The summed E-state index contributed by atoms with van der Waals surface area (Å²) < 4.78 is 1.51. The van der Waals surface area contributed by atoms with Gasteiger partial charge in [0, 0.05) is 48.8 Å². The van der Waals surface area contributed by atoms with Crippen LogP contribution in [0.5, 0.6) is 0 Å². The highest BCUT2D eigenvalue weighted by atomic mass is 16.2. The number of nitrogens with zero attached hydrogens (tertiary/aromatic N) is 5. The summed E-state index contributed by atoms with van der Waals surface area (Å²) in [4.78, 5) is 50.4. The van der Waals surface area contributed by atoms with Crippen molar-refractivity contribution in [3.63, 3.8) is 0 Å². The molecular weight excluding hydrogens is 444 g/mol. The number of hydrogen-bond donors (Lipinski definition) is 1. The molecule has 5 rings (SSSR count). The summed E-state index contributed by atoms with van der Waals surface area (Å²) in [5.74, 6) is -0.0174. The molecule has 9 nitrogen and oxygen atoms in total. The van der Waals surface area contributed by atoms with Crippen LogP contribution >= 0.6 is 0 Å². The third-order valence-electron chi connectivity index (χ3n) is 6.21. The minimum Gasteiger partial charge on any atom is -0.366 e. The lowest BCUT2D eigenvalue weighted by atomic mass is 10.2. The van der Waals surface area contributed by atoms with Gasteiger partial charge in [0.25, 0.3) is 11.5 Å². The molecule has 0 spiro atoms. The SMILES string of the molecule is Cc1nc(N2CCN(C(=O)c3ccccc3)CC2)nc2c1ccc(=O)n2-c1ccc(C(N)=O)cc1. The van der Waals surface area contributed by atoms with Gasteiger partial charge in [-0.1, -0.05) is 18.2 Å². The van der Waals surface area contributed by atoms with E-state index in [1.54, 1.807) is 30.3 Å². The van der Waals surface area contributed by atoms with Crippen molar-refractivity contribution in [1.29, 1.82) is 0 Å². The van der Waals surface area contributed by atoms with Crippen molar-refractivity contribution >= 4 is 28.8 Å². The van der Waals surface area contributed by atoms with Crippen molar-refractivity contribution in [2.45, 2.75) is 6.92 Å². The monoisotopic (exact) mass is 468 g/mol. The molecule has 3 heterocycles. The largest absolute Gasteiger partial charge is 0.366 e. The van der Waals surface area contributed by atoms with Gasteiger partial charge in [0.2, 0.25) is 11.9 Å². The van der Waals surface area contributed by atoms with E-state index in [0.29, 0.717) is 54.6 Å². The second-order valence-electron chi connectivity index (χ2n) is 8.41. The molecule has 35 heavy (non-hydrogen) atoms. The van der Waals surface area contributed by atoms with Gasteiger partial charge in [0.05, 0.1) is 11.4 Å². The molecule has 176 valence electrons. The highest BCUT2D eigenvalue weighted by Gasteiger charge is 2.24. The second-order valence-corrected chi connectivity index (χ2v) is 8.41. The number of pyridine rings is 1. The number of carbonyl (C=O) groups excluding carboxylic acids is 2. The highest BCUT2D eigenvalue weighted by molar-refractivity contribution is 5.94. The Morgan fingerprint density at radius 3 is 2.17 bits per heavy atom. The van der Waals surface area contributed by atoms with Crippen molar-refractivity contribution in [2.24, 2.45) is 5.73 Å². The van der Waals surface area contributed by atoms with E-state index in [1.165, 1.54) is 10.6 Å². The number of anilines is 1. The fourth-order valence-corrected chi connectivity index (χ4v) is 4.29. The first-order valence-corrected chi connectivity index (χ1v) is 11.3. The quantitative estimate of drug-likeness (QED) is 0.491. The maximum Gasteiger partial charge on any atom is 0.256 e. The van der Waals surface area contributed by atoms with Crippen LogP contribution in [0.1, 0.15) is 26.4 Å². The van der Waals surface area contributed by atoms with Crippen LogP contribution in [0.15, 0.2) is 71.5 Å². The van der Waals surface area contributed by atoms with Gasteiger partial charge in [-0.3, -0.25) is 19.0 Å². The zero-order valence-electron chi connectivity index (χ0n) is 19.2. The summed E-state index contributed by atoms with van der Waals surface area (Å²) in [6.45, 7) is 4.13. The summed E-state index contributed by atoms with van der Waals surface area (Å²) in [5, 5.41) is 0.755. The Labute approximate surface area is 201 Å². The molecule has 1 saturated heterocycles. The van der Waals surface area contributed by atoms with Crippen LogP contribution in [0, 0.1) is 6.92 Å². The van der Waals surface area contributed by atoms with Crippen molar-refractivity contribution < 1.29 is 9.59 Å². The fraction of sp³-hybridized carbons (Fsp3) is 0.192. The van der Waals surface area contributed by atoms with E-state index in [1.807, 2.05) is 47.1 Å². The summed E-state index contributed by atoms with van der Waals surface area (Å²) in [6.07, 6.45) is 0. The Kier molecular flexibility index (Phi) is 5.74. The van der Waals surface area contributed by atoms with E-state index in [9.17, 15) is 14.4 Å². The molecule has 9 heteroatoms. The number of aryl methyl sites for hydroxylation is 1. The summed E-state index contributed by atoms with van der Waals surface area (Å²) in [5.41, 5.74) is 7.94. The number of hydrogen-bond acceptors (Lipinski definition) is 6. The minimum absolute atomic E-state index is 0.00843. The van der Waals surface area contributed by atoms with Gasteiger partial charge in [-0.05, 0) is 49.4 Å². The van der Waals surface area contributed by atoms with Gasteiger partial charge in [-0.25, -0.2) is 4.98 Å². The van der Waals surface area contributed by atoms with Gasteiger partial charge in [-0.15, -0.1) is 0 Å². The van der Waals surface area contributed by atoms with Crippen LogP contribution in [0.2, 0.25) is 0 Å². The Hall–Kier alpha value is -4.53. The Bertz CT molecular complexity index is 1470. The van der Waals surface area contributed by atoms with Crippen LogP contribution < -0.4 is 16.2 Å². The number of amides is 2. The number of piperazine rings is 1. The first-order valence-electron chi connectivity index (χ1n) is 11.3. The number of fused-ring (bicyclic) bond motifs is 1. The van der Waals surface area contributed by atoms with E-state index in [4.69, 9.17) is 10.7 Å². The molecule has 0 saturated carbocycles. The van der Waals surface area contributed by atoms with Gasteiger partial charge < -0.3 is 15.5 Å². The lowest BCUT2D eigenvalue weighted by Gasteiger charge is -2.35. The van der Waals surface area contributed by atoms with Crippen LogP contribution in [0.4, 0.5) is 5.95 Å². The maximum atomic E-state index is 12.9. The lowest BCUT2D eigenvalue weighted by molar-refractivity contribution is 0.0746. The smallest absolute Gasteiger partial charge is 0.256 e. The van der Waals surface area contributed by atoms with Gasteiger partial charge in [-0.2, -0.15) is 4.98 Å². The first-order chi connectivity index (χ1) is 16.9. The lowest BCUT2D eigenvalue weighted by Crippen LogP contribution is -2.49. The van der Waals surface area contributed by atoms with Gasteiger partial charge >= 0.3 is 0 Å². The molecule has 2 aromatic heterocycles. The molecule has 0 bridgehead atoms. The van der Waals surface area contributed by atoms with Crippen molar-refractivity contribution in [3.05, 3.63) is 93.9 Å². The number of aromatic nitrogens is 3. The van der Waals surface area contributed by atoms with Crippen LogP contribution in [0.3, 0.4) is 0 Å². The van der Waals surface area contributed by atoms with E-state index in [2.05, 4.69) is 4.98 Å². The number of primary amides is 1. The van der Waals surface area contributed by atoms with Crippen molar-refractivity contribution in [1.82, 2.24) is 19.4 Å². The van der Waals surface area contributed by atoms with Gasteiger partial charge in [0.1, 0.15) is 0 Å². The normalized spacial score (nSPS) is 13.7. The average Bonchev–Trinajstić information content (AvgIpc) is 2.88. The van der Waals surface area contributed by atoms with Crippen LogP contribution in [-0.2, 0) is 0 Å². The minimum atomic E-state index is -0.535. The molecule has 2 amide bonds. The van der Waals surface area contributed by atoms with Crippen molar-refractivity contribution in [2.75, 3.05) is 31.1 Å². The molecule has 0 unspecified atom stereocenters. The zero-order chi connectivity index (χ0) is 24.5. The van der Waals surface area contributed by atoms with E-state index in [0.717, 1.165) is 11.1 Å². The zero-order valence-corrected chi connectivity index (χ0v) is 19.2. The number of rotatable bonds is 4. The molecule has 1 aliphatic rings. The Balaban J connectivity index is 1.46. The van der Waals surface area contributed by atoms with Crippen LogP contribution in [-0.4, -0.2) is 57.4 Å². The molecular formula is C26H24N6O3. The van der Waals surface area contributed by atoms with Crippen molar-refractivity contribution in [3.8, 4) is 5.69 Å². The summed E-state index contributed by atoms with van der Waals surface area (Å²) in [7, 11) is 0. The topological polar surface area (TPSA) is 114 Å². The van der Waals surface area contributed by atoms with E-state index < -0.39 is 5.91 Å². The summed E-state index contributed by atoms with van der Waals surface area (Å²) >= 11 is 0. The molecule has 0 atom stereocenters. The van der Waals surface area contributed by atoms with E-state index in [-0.39, 0.29) is 11.5 Å².